The maximum absolute atomic E-state index is 13.6. The summed E-state index contributed by atoms with van der Waals surface area (Å²) in [6.07, 6.45) is 7.01. The Bertz CT molecular complexity index is 1360. The van der Waals surface area contributed by atoms with E-state index < -0.39 is 35.8 Å². The fourth-order valence-electron chi connectivity index (χ4n) is 6.18. The molecule has 2 fully saturated rings. The van der Waals surface area contributed by atoms with E-state index in [-0.39, 0.29) is 41.8 Å². The third-order valence-corrected chi connectivity index (χ3v) is 9.02. The maximum Gasteiger partial charge on any atom is 0.268 e. The zero-order valence-electron chi connectivity index (χ0n) is 24.8. The lowest BCUT2D eigenvalue weighted by atomic mass is 9.84. The SMILES string of the molecule is CC1C[C@@H](C[C@@H](C=O)NC(=O)[C@H](CC2CCCCC2)NC(=O)C(NC(=O)c2cc3c(Cl)cc(Cl)cc3[nH]2)C(C)C)C(=O)N1. The van der Waals surface area contributed by atoms with E-state index in [1.807, 2.05) is 6.92 Å². The van der Waals surface area contributed by atoms with Crippen LogP contribution in [-0.2, 0) is 19.2 Å². The van der Waals surface area contributed by atoms with Crippen LogP contribution in [0.15, 0.2) is 18.2 Å². The molecule has 1 aromatic heterocycles. The average Bonchev–Trinajstić information content (AvgIpc) is 3.53. The molecule has 0 radical (unpaired) electrons. The molecule has 1 saturated heterocycles. The molecule has 43 heavy (non-hydrogen) atoms. The standard InChI is InChI=1S/C31H41Cl2N5O5/c1-16(2)27(38-30(42)26-14-22-23(33)12-20(32)13-24(22)36-26)31(43)37-25(10-18-7-5-4-6-8-18)29(41)35-21(15-39)11-19-9-17(3)34-28(19)40/h12-19,21,25,27,36H,4-11H2,1-3H3,(H,34,40)(H,35,41)(H,37,43)(H,38,42)/t17?,19-,21-,25-,27?/m0/s1. The summed E-state index contributed by atoms with van der Waals surface area (Å²) in [5, 5.41) is 12.7. The van der Waals surface area contributed by atoms with Crippen molar-refractivity contribution in [1.82, 2.24) is 26.3 Å². The molecule has 0 bridgehead atoms. The van der Waals surface area contributed by atoms with Gasteiger partial charge in [0.2, 0.25) is 17.7 Å². The third-order valence-electron chi connectivity index (χ3n) is 8.49. The predicted octanol–water partition coefficient (Wildman–Crippen LogP) is 4.28. The fraction of sp³-hybridized carbons (Fsp3) is 0.581. The van der Waals surface area contributed by atoms with Crippen LogP contribution < -0.4 is 21.3 Å². The molecule has 1 aliphatic heterocycles. The number of fused-ring (bicyclic) bond motifs is 1. The van der Waals surface area contributed by atoms with Gasteiger partial charge in [-0.05, 0) is 56.2 Å². The molecule has 2 aromatic rings. The number of aromatic nitrogens is 1. The first-order valence-electron chi connectivity index (χ1n) is 15.1. The molecule has 10 nitrogen and oxygen atoms in total. The van der Waals surface area contributed by atoms with Crippen molar-refractivity contribution in [2.45, 2.75) is 96.3 Å². The van der Waals surface area contributed by atoms with Crippen molar-refractivity contribution in [2.75, 3.05) is 0 Å². The van der Waals surface area contributed by atoms with Crippen molar-refractivity contribution in [3.8, 4) is 0 Å². The maximum atomic E-state index is 13.6. The van der Waals surface area contributed by atoms with Crippen LogP contribution in [0.1, 0.15) is 82.6 Å². The van der Waals surface area contributed by atoms with Crippen molar-refractivity contribution in [3.05, 3.63) is 33.9 Å². The molecule has 1 aliphatic carbocycles. The minimum Gasteiger partial charge on any atom is -0.353 e. The van der Waals surface area contributed by atoms with Gasteiger partial charge >= 0.3 is 0 Å². The Kier molecular flexibility index (Phi) is 11.1. The molecule has 2 aliphatic rings. The van der Waals surface area contributed by atoms with Crippen molar-refractivity contribution in [2.24, 2.45) is 17.8 Å². The summed E-state index contributed by atoms with van der Waals surface area (Å²) in [6, 6.07) is 2.16. The van der Waals surface area contributed by atoms with Crippen LogP contribution in [0, 0.1) is 17.8 Å². The summed E-state index contributed by atoms with van der Waals surface area (Å²) >= 11 is 12.4. The zero-order valence-corrected chi connectivity index (χ0v) is 26.3. The minimum atomic E-state index is -0.940. The van der Waals surface area contributed by atoms with Crippen LogP contribution in [0.2, 0.25) is 10.0 Å². The van der Waals surface area contributed by atoms with E-state index in [0.29, 0.717) is 40.1 Å². The number of H-pyrrole nitrogens is 1. The number of aldehydes is 1. The molecule has 234 valence electrons. The molecule has 5 N–H and O–H groups in total. The summed E-state index contributed by atoms with van der Waals surface area (Å²) in [6.45, 7) is 5.51. The molecule has 1 saturated carbocycles. The number of hydrogen-bond acceptors (Lipinski definition) is 5. The van der Waals surface area contributed by atoms with Crippen LogP contribution in [0.5, 0.6) is 0 Å². The number of halogens is 2. The lowest BCUT2D eigenvalue weighted by molar-refractivity contribution is -0.132. The Morgan fingerprint density at radius 2 is 1.72 bits per heavy atom. The Hall–Kier alpha value is -3.11. The van der Waals surface area contributed by atoms with Crippen molar-refractivity contribution in [3.63, 3.8) is 0 Å². The van der Waals surface area contributed by atoms with E-state index in [1.54, 1.807) is 32.0 Å². The number of carbonyl (C=O) groups is 5. The van der Waals surface area contributed by atoms with Crippen molar-refractivity contribution in [1.29, 1.82) is 0 Å². The van der Waals surface area contributed by atoms with Crippen LogP contribution in [0.3, 0.4) is 0 Å². The van der Waals surface area contributed by atoms with Gasteiger partial charge in [0.25, 0.3) is 5.91 Å². The van der Waals surface area contributed by atoms with Crippen molar-refractivity contribution >= 4 is 64.0 Å². The molecule has 2 unspecified atom stereocenters. The van der Waals surface area contributed by atoms with Crippen LogP contribution in [0.25, 0.3) is 10.9 Å². The molecule has 0 spiro atoms. The first-order valence-corrected chi connectivity index (χ1v) is 15.9. The fourth-order valence-corrected chi connectivity index (χ4v) is 6.73. The summed E-state index contributed by atoms with van der Waals surface area (Å²) < 4.78 is 0. The van der Waals surface area contributed by atoms with E-state index in [9.17, 15) is 24.0 Å². The van der Waals surface area contributed by atoms with Gasteiger partial charge < -0.3 is 31.0 Å². The molecule has 4 rings (SSSR count). The van der Waals surface area contributed by atoms with Gasteiger partial charge in [0.15, 0.2) is 0 Å². The first-order chi connectivity index (χ1) is 20.4. The molecule has 2 heterocycles. The molecule has 5 atom stereocenters. The second-order valence-corrected chi connectivity index (χ2v) is 13.2. The van der Waals surface area contributed by atoms with Crippen LogP contribution >= 0.6 is 23.2 Å². The summed E-state index contributed by atoms with van der Waals surface area (Å²) in [4.78, 5) is 67.5. The van der Waals surface area contributed by atoms with Gasteiger partial charge in [-0.2, -0.15) is 0 Å². The second kappa shape index (κ2) is 14.6. The lowest BCUT2D eigenvalue weighted by Crippen LogP contribution is -2.57. The van der Waals surface area contributed by atoms with Gasteiger partial charge in [-0.15, -0.1) is 0 Å². The number of nitrogens with one attached hydrogen (secondary N) is 5. The monoisotopic (exact) mass is 633 g/mol. The zero-order chi connectivity index (χ0) is 31.3. The van der Waals surface area contributed by atoms with Gasteiger partial charge in [0, 0.05) is 27.9 Å². The smallest absolute Gasteiger partial charge is 0.268 e. The molecule has 12 heteroatoms. The Morgan fingerprint density at radius 1 is 1.00 bits per heavy atom. The molecular weight excluding hydrogens is 593 g/mol. The number of rotatable bonds is 12. The van der Waals surface area contributed by atoms with E-state index in [0.717, 1.165) is 32.1 Å². The Balaban J connectivity index is 1.47. The van der Waals surface area contributed by atoms with Gasteiger partial charge in [0.1, 0.15) is 24.1 Å². The molecule has 4 amide bonds. The molecular formula is C31H41Cl2N5O5. The largest absolute Gasteiger partial charge is 0.353 e. The minimum absolute atomic E-state index is 0.0150. The summed E-state index contributed by atoms with van der Waals surface area (Å²) in [5.74, 6) is -2.02. The second-order valence-electron chi connectivity index (χ2n) is 12.4. The highest BCUT2D eigenvalue weighted by Gasteiger charge is 2.35. The van der Waals surface area contributed by atoms with Gasteiger partial charge in [-0.1, -0.05) is 69.2 Å². The average molecular weight is 635 g/mol. The first kappa shape index (κ1) is 32.8. The third kappa shape index (κ3) is 8.50. The Labute approximate surface area is 261 Å². The predicted molar refractivity (Wildman–Crippen MR) is 166 cm³/mol. The normalized spacial score (nSPS) is 21.2. The summed E-state index contributed by atoms with van der Waals surface area (Å²) in [7, 11) is 0. The number of hydrogen-bond donors (Lipinski definition) is 5. The number of amides is 4. The highest BCUT2D eigenvalue weighted by molar-refractivity contribution is 6.38. The Morgan fingerprint density at radius 3 is 2.35 bits per heavy atom. The van der Waals surface area contributed by atoms with E-state index in [2.05, 4.69) is 26.3 Å². The quantitative estimate of drug-likeness (QED) is 0.221. The van der Waals surface area contributed by atoms with Gasteiger partial charge in [-0.3, -0.25) is 19.2 Å². The number of aromatic amines is 1. The van der Waals surface area contributed by atoms with E-state index >= 15 is 0 Å². The highest BCUT2D eigenvalue weighted by atomic mass is 35.5. The van der Waals surface area contributed by atoms with E-state index in [4.69, 9.17) is 23.2 Å². The number of carbonyl (C=O) groups excluding carboxylic acids is 5. The van der Waals surface area contributed by atoms with E-state index in [1.165, 1.54) is 0 Å². The van der Waals surface area contributed by atoms with Crippen molar-refractivity contribution < 1.29 is 24.0 Å². The summed E-state index contributed by atoms with van der Waals surface area (Å²) in [5.41, 5.74) is 0.805. The number of benzene rings is 1. The van der Waals surface area contributed by atoms with Gasteiger partial charge in [0.05, 0.1) is 11.1 Å². The highest BCUT2D eigenvalue weighted by Crippen LogP contribution is 2.29. The lowest BCUT2D eigenvalue weighted by Gasteiger charge is -2.29. The molecule has 1 aromatic carbocycles. The topological polar surface area (TPSA) is 149 Å². The van der Waals surface area contributed by atoms with Crippen LogP contribution in [0.4, 0.5) is 0 Å². The van der Waals surface area contributed by atoms with Crippen LogP contribution in [-0.4, -0.2) is 59.1 Å². The van der Waals surface area contributed by atoms with Gasteiger partial charge in [-0.25, -0.2) is 0 Å².